The smallest absolute Gasteiger partial charge is 0.316 e. The van der Waals surface area contributed by atoms with E-state index in [-0.39, 0.29) is 54.2 Å². The third-order valence-electron chi connectivity index (χ3n) is 7.35. The van der Waals surface area contributed by atoms with Crippen LogP contribution in [0.3, 0.4) is 0 Å². The van der Waals surface area contributed by atoms with E-state index in [0.717, 1.165) is 18.9 Å². The number of nitro benzene ring substituents is 1. The molecule has 3 aromatic rings. The molecule has 1 aliphatic heterocycles. The second-order valence-electron chi connectivity index (χ2n) is 10.5. The summed E-state index contributed by atoms with van der Waals surface area (Å²) in [4.78, 5) is 26.2. The Labute approximate surface area is 241 Å². The zero-order valence-corrected chi connectivity index (χ0v) is 23.8. The summed E-state index contributed by atoms with van der Waals surface area (Å²) >= 11 is 6.13. The van der Waals surface area contributed by atoms with Crippen LogP contribution in [0, 0.1) is 26.9 Å². The van der Waals surface area contributed by atoms with Crippen LogP contribution in [-0.4, -0.2) is 60.2 Å². The van der Waals surface area contributed by atoms with Crippen molar-refractivity contribution in [1.82, 2.24) is 14.1 Å². The van der Waals surface area contributed by atoms with Crippen molar-refractivity contribution in [2.24, 2.45) is 5.41 Å². The Morgan fingerprint density at radius 3 is 2.54 bits per heavy atom. The van der Waals surface area contributed by atoms with Crippen LogP contribution >= 0.6 is 11.6 Å². The number of aromatic nitrogens is 2. The molecule has 14 heteroatoms. The molecule has 5 rings (SSSR count). The number of halogens is 1. The highest BCUT2D eigenvalue weighted by Crippen LogP contribution is 2.45. The lowest BCUT2D eigenvalue weighted by Gasteiger charge is -2.35. The summed E-state index contributed by atoms with van der Waals surface area (Å²) in [5.74, 6) is -0.475. The summed E-state index contributed by atoms with van der Waals surface area (Å²) in [5, 5.41) is 25.4. The zero-order valence-electron chi connectivity index (χ0n) is 22.2. The van der Waals surface area contributed by atoms with E-state index in [1.54, 1.807) is 24.3 Å². The minimum atomic E-state index is -3.94. The van der Waals surface area contributed by atoms with E-state index in [1.807, 2.05) is 11.0 Å². The van der Waals surface area contributed by atoms with E-state index in [0.29, 0.717) is 23.0 Å². The van der Waals surface area contributed by atoms with Crippen LogP contribution in [0.15, 0.2) is 53.5 Å². The van der Waals surface area contributed by atoms with Crippen LogP contribution in [-0.2, 0) is 15.8 Å². The predicted octanol–water partition coefficient (Wildman–Crippen LogP) is 3.50. The van der Waals surface area contributed by atoms with Gasteiger partial charge in [-0.15, -0.1) is 0 Å². The third kappa shape index (κ3) is 6.19. The molecule has 0 spiro atoms. The molecule has 0 N–H and O–H groups in total. The van der Waals surface area contributed by atoms with Crippen molar-refractivity contribution in [3.63, 3.8) is 0 Å². The maximum absolute atomic E-state index is 13.6. The molecule has 2 heterocycles. The highest BCUT2D eigenvalue weighted by atomic mass is 35.5. The Morgan fingerprint density at radius 2 is 1.90 bits per heavy atom. The number of piperazine rings is 1. The number of hydrogen-bond acceptors (Lipinski definition) is 9. The average molecular weight is 599 g/mol. The minimum absolute atomic E-state index is 0.00605. The van der Waals surface area contributed by atoms with Gasteiger partial charge in [-0.2, -0.15) is 19.3 Å². The van der Waals surface area contributed by atoms with E-state index in [2.05, 4.69) is 12.0 Å². The lowest BCUT2D eigenvalue weighted by Crippen LogP contribution is -2.49. The predicted molar refractivity (Wildman–Crippen MR) is 152 cm³/mol. The Balaban J connectivity index is 1.37. The maximum atomic E-state index is 13.6. The Morgan fingerprint density at radius 1 is 1.17 bits per heavy atom. The standard InChI is InChI=1S/C27H27ClN6O6S/c1-27(7-8-27)18-40-25-24(16-30-33(26(25)35)22-4-2-3-21(28)14-22)31-9-11-32(12-10-31)41(38,39)17-20-13-19(15-29)5-6-23(20)34(36)37/h2-6,13-14,16H,7-12,17-18H2,1H3. The molecule has 0 bridgehead atoms. The van der Waals surface area contributed by atoms with E-state index in [4.69, 9.17) is 21.6 Å². The van der Waals surface area contributed by atoms with Crippen LogP contribution in [0.2, 0.25) is 5.02 Å². The average Bonchev–Trinajstić information content (AvgIpc) is 3.68. The SMILES string of the molecule is CC1(COc2c(N3CCN(S(=O)(=O)Cc4cc(C#N)ccc4[N+](=O)[O-])CC3)cnn(-c3cccc(Cl)c3)c2=O)CC1. The van der Waals surface area contributed by atoms with Crippen molar-refractivity contribution < 1.29 is 18.1 Å². The van der Waals surface area contributed by atoms with Gasteiger partial charge in [0, 0.05) is 48.2 Å². The fourth-order valence-corrected chi connectivity index (χ4v) is 6.34. The zero-order chi connectivity index (χ0) is 29.4. The fourth-order valence-electron chi connectivity index (χ4n) is 4.63. The van der Waals surface area contributed by atoms with Gasteiger partial charge in [-0.1, -0.05) is 24.6 Å². The second-order valence-corrected chi connectivity index (χ2v) is 12.9. The van der Waals surface area contributed by atoms with Crippen molar-refractivity contribution >= 4 is 33.0 Å². The van der Waals surface area contributed by atoms with Crippen molar-refractivity contribution in [3.8, 4) is 17.5 Å². The number of nitriles is 1. The molecule has 0 atom stereocenters. The van der Waals surface area contributed by atoms with Gasteiger partial charge in [-0.3, -0.25) is 14.9 Å². The van der Waals surface area contributed by atoms with E-state index < -0.39 is 26.3 Å². The summed E-state index contributed by atoms with van der Waals surface area (Å²) in [7, 11) is -3.94. The number of rotatable bonds is 9. The van der Waals surface area contributed by atoms with Crippen LogP contribution in [0.25, 0.3) is 5.69 Å². The van der Waals surface area contributed by atoms with Crippen molar-refractivity contribution in [1.29, 1.82) is 5.26 Å². The Hall–Kier alpha value is -3.99. The molecular weight excluding hydrogens is 572 g/mol. The van der Waals surface area contributed by atoms with Gasteiger partial charge in [0.25, 0.3) is 5.69 Å². The lowest BCUT2D eigenvalue weighted by molar-refractivity contribution is -0.385. The van der Waals surface area contributed by atoms with Crippen LogP contribution < -0.4 is 15.2 Å². The van der Waals surface area contributed by atoms with E-state index in [9.17, 15) is 23.3 Å². The van der Waals surface area contributed by atoms with Crippen LogP contribution in [0.5, 0.6) is 5.75 Å². The number of nitrogens with zero attached hydrogens (tertiary/aromatic N) is 6. The molecule has 0 unspecified atom stereocenters. The first-order valence-corrected chi connectivity index (χ1v) is 14.9. The minimum Gasteiger partial charge on any atom is -0.486 e. The first-order chi connectivity index (χ1) is 19.5. The van der Waals surface area contributed by atoms with Gasteiger partial charge in [0.1, 0.15) is 5.69 Å². The number of anilines is 1. The third-order valence-corrected chi connectivity index (χ3v) is 9.41. The van der Waals surface area contributed by atoms with Gasteiger partial charge in [0.15, 0.2) is 0 Å². The molecular formula is C27H27ClN6O6S. The molecule has 0 amide bonds. The van der Waals surface area contributed by atoms with Crippen molar-refractivity contribution in [2.75, 3.05) is 37.7 Å². The number of ether oxygens (including phenoxy) is 1. The molecule has 2 aliphatic rings. The van der Waals surface area contributed by atoms with E-state index >= 15 is 0 Å². The Bertz CT molecular complexity index is 1710. The molecule has 214 valence electrons. The van der Waals surface area contributed by atoms with Crippen molar-refractivity contribution in [2.45, 2.75) is 25.5 Å². The first kappa shape index (κ1) is 28.5. The first-order valence-electron chi connectivity index (χ1n) is 12.9. The quantitative estimate of drug-likeness (QED) is 0.266. The topological polar surface area (TPSA) is 152 Å². The molecule has 2 fully saturated rings. The highest BCUT2D eigenvalue weighted by molar-refractivity contribution is 7.88. The fraction of sp³-hybridized carbons (Fsp3) is 0.370. The summed E-state index contributed by atoms with van der Waals surface area (Å²) in [6, 6.07) is 12.3. The molecule has 0 radical (unpaired) electrons. The summed E-state index contributed by atoms with van der Waals surface area (Å²) in [5.41, 5.74) is 0.241. The van der Waals surface area contributed by atoms with Gasteiger partial charge >= 0.3 is 5.56 Å². The van der Waals surface area contributed by atoms with Gasteiger partial charge in [0.2, 0.25) is 15.8 Å². The molecule has 1 aromatic heterocycles. The summed E-state index contributed by atoms with van der Waals surface area (Å²) < 4.78 is 35.1. The highest BCUT2D eigenvalue weighted by Gasteiger charge is 2.39. The number of sulfonamides is 1. The van der Waals surface area contributed by atoms with Gasteiger partial charge in [0.05, 0.1) is 40.8 Å². The van der Waals surface area contributed by atoms with Crippen molar-refractivity contribution in [3.05, 3.63) is 85.3 Å². The second kappa shape index (κ2) is 11.1. The molecule has 2 aromatic carbocycles. The largest absolute Gasteiger partial charge is 0.486 e. The molecule has 1 saturated carbocycles. The van der Waals surface area contributed by atoms with E-state index in [1.165, 1.54) is 27.3 Å². The molecule has 41 heavy (non-hydrogen) atoms. The molecule has 1 aliphatic carbocycles. The van der Waals surface area contributed by atoms with Gasteiger partial charge in [-0.25, -0.2) is 8.42 Å². The number of nitro groups is 1. The summed E-state index contributed by atoms with van der Waals surface area (Å²) in [6.07, 6.45) is 3.54. The normalized spacial score (nSPS) is 16.7. The van der Waals surface area contributed by atoms with Crippen LogP contribution in [0.4, 0.5) is 11.4 Å². The summed E-state index contributed by atoms with van der Waals surface area (Å²) in [6.45, 7) is 3.11. The van der Waals surface area contributed by atoms with Crippen LogP contribution in [0.1, 0.15) is 30.9 Å². The number of hydrogen-bond donors (Lipinski definition) is 0. The lowest BCUT2D eigenvalue weighted by atomic mass is 10.1. The number of benzene rings is 2. The van der Waals surface area contributed by atoms with Gasteiger partial charge < -0.3 is 9.64 Å². The molecule has 12 nitrogen and oxygen atoms in total. The molecule has 1 saturated heterocycles. The maximum Gasteiger partial charge on any atom is 0.316 e. The monoisotopic (exact) mass is 598 g/mol. The van der Waals surface area contributed by atoms with Gasteiger partial charge in [-0.05, 0) is 43.2 Å². The Kier molecular flexibility index (Phi) is 7.74.